The number of aromatic nitrogens is 5. The molecular weight excluding hydrogens is 484 g/mol. The van der Waals surface area contributed by atoms with Gasteiger partial charge in [-0.3, -0.25) is 9.08 Å². The maximum absolute atomic E-state index is 9.70. The molecule has 8 heteroatoms. The Kier molecular flexibility index (Phi) is 6.55. The van der Waals surface area contributed by atoms with Crippen LogP contribution < -0.4 is 4.90 Å². The van der Waals surface area contributed by atoms with Crippen molar-refractivity contribution in [3.05, 3.63) is 103 Å². The summed E-state index contributed by atoms with van der Waals surface area (Å²) in [7, 11) is 1.90. The van der Waals surface area contributed by atoms with Crippen LogP contribution in [0, 0.1) is 11.3 Å². The lowest BCUT2D eigenvalue weighted by Crippen LogP contribution is -2.46. The maximum atomic E-state index is 9.70. The number of pyridine rings is 2. The summed E-state index contributed by atoms with van der Waals surface area (Å²) in [5, 5.41) is 14.0. The molecule has 0 bridgehead atoms. The summed E-state index contributed by atoms with van der Waals surface area (Å²) in [6, 6.07) is 21.1. The van der Waals surface area contributed by atoms with Crippen molar-refractivity contribution < 1.29 is 0 Å². The number of piperazine rings is 1. The fourth-order valence-corrected chi connectivity index (χ4v) is 5.21. The van der Waals surface area contributed by atoms with E-state index in [0.29, 0.717) is 5.69 Å². The molecule has 1 fully saturated rings. The molecule has 1 saturated heterocycles. The van der Waals surface area contributed by atoms with Gasteiger partial charge < -0.3 is 9.80 Å². The van der Waals surface area contributed by atoms with Gasteiger partial charge in [-0.2, -0.15) is 10.4 Å². The van der Waals surface area contributed by atoms with Crippen LogP contribution >= 0.6 is 0 Å². The van der Waals surface area contributed by atoms with Crippen molar-refractivity contribution in [2.24, 2.45) is 7.05 Å². The zero-order valence-corrected chi connectivity index (χ0v) is 22.0. The monoisotopic (exact) mass is 514 g/mol. The number of hydrogen-bond acceptors (Lipinski definition) is 6. The highest BCUT2D eigenvalue weighted by molar-refractivity contribution is 5.75. The number of nitrogens with zero attached hydrogens (tertiary/aromatic N) is 8. The van der Waals surface area contributed by atoms with Crippen molar-refractivity contribution in [1.82, 2.24) is 29.0 Å². The zero-order valence-electron chi connectivity index (χ0n) is 22.0. The number of hydrogen-bond donors (Lipinski definition) is 0. The second-order valence-corrected chi connectivity index (χ2v) is 9.91. The Hall–Kier alpha value is -4.90. The Bertz CT molecular complexity index is 1650. The summed E-state index contributed by atoms with van der Waals surface area (Å²) in [6.45, 7) is 8.03. The van der Waals surface area contributed by atoms with Crippen LogP contribution in [0.3, 0.4) is 0 Å². The molecule has 39 heavy (non-hydrogen) atoms. The van der Waals surface area contributed by atoms with E-state index in [1.54, 1.807) is 10.9 Å². The predicted octanol–water partition coefficient (Wildman–Crippen LogP) is 4.94. The average molecular weight is 515 g/mol. The molecule has 0 radical (unpaired) electrons. The van der Waals surface area contributed by atoms with Crippen LogP contribution in [0.1, 0.15) is 17.7 Å². The van der Waals surface area contributed by atoms with Crippen molar-refractivity contribution >= 4 is 11.5 Å². The molecule has 8 nitrogen and oxygen atoms in total. The Balaban J connectivity index is 1.18. The van der Waals surface area contributed by atoms with Gasteiger partial charge in [0.05, 0.1) is 18.1 Å². The third kappa shape index (κ3) is 4.99. The van der Waals surface area contributed by atoms with E-state index in [2.05, 4.69) is 81.1 Å². The quantitative estimate of drug-likeness (QED) is 0.306. The van der Waals surface area contributed by atoms with Crippen LogP contribution in [0.15, 0.2) is 91.7 Å². The molecule has 0 atom stereocenters. The lowest BCUT2D eigenvalue weighted by atomic mass is 10.1. The van der Waals surface area contributed by atoms with Gasteiger partial charge in [-0.1, -0.05) is 36.9 Å². The average Bonchev–Trinajstić information content (AvgIpc) is 3.62. The van der Waals surface area contributed by atoms with E-state index in [0.717, 1.165) is 72.9 Å². The van der Waals surface area contributed by atoms with Crippen molar-refractivity contribution in [1.29, 1.82) is 5.26 Å². The van der Waals surface area contributed by atoms with Crippen LogP contribution in [0.25, 0.3) is 28.0 Å². The first kappa shape index (κ1) is 24.4. The predicted molar refractivity (Wildman–Crippen MR) is 153 cm³/mol. The maximum Gasteiger partial charge on any atom is 0.145 e. The van der Waals surface area contributed by atoms with Crippen molar-refractivity contribution in [2.75, 3.05) is 31.1 Å². The van der Waals surface area contributed by atoms with Crippen LogP contribution in [0.2, 0.25) is 0 Å². The summed E-state index contributed by atoms with van der Waals surface area (Å²) < 4.78 is 3.66. The Morgan fingerprint density at radius 3 is 2.44 bits per heavy atom. The second kappa shape index (κ2) is 10.5. The standard InChI is InChI=1S/C31H30N8/c1-23(8-9-24-6-4-3-5-7-24)37-12-14-38(15-13-37)30-11-10-25(19-33-30)29-16-26(27-20-35-36(2)22-27)17-31-34-21-28(18-32)39(29)31/h3-7,10-11,16-17,19-22H,1,8-9,12-15H2,2H3. The first-order chi connectivity index (χ1) is 19.1. The van der Waals surface area contributed by atoms with E-state index in [1.165, 1.54) is 11.3 Å². The molecule has 1 aliphatic rings. The summed E-state index contributed by atoms with van der Waals surface area (Å²) in [4.78, 5) is 14.0. The van der Waals surface area contributed by atoms with Crippen molar-refractivity contribution in [2.45, 2.75) is 12.8 Å². The van der Waals surface area contributed by atoms with E-state index in [-0.39, 0.29) is 0 Å². The van der Waals surface area contributed by atoms with Gasteiger partial charge in [0.25, 0.3) is 0 Å². The van der Waals surface area contributed by atoms with Crippen LogP contribution in [0.4, 0.5) is 5.82 Å². The largest absolute Gasteiger partial charge is 0.372 e. The highest BCUT2D eigenvalue weighted by Crippen LogP contribution is 2.30. The molecule has 0 spiro atoms. The number of benzene rings is 1. The van der Waals surface area contributed by atoms with Gasteiger partial charge in [0.2, 0.25) is 0 Å². The minimum atomic E-state index is 0.491. The van der Waals surface area contributed by atoms with Gasteiger partial charge in [0.1, 0.15) is 23.2 Å². The Labute approximate surface area is 228 Å². The SMILES string of the molecule is C=C(CCc1ccccc1)N1CCN(c2ccc(-c3cc(-c4cnn(C)c4)cc4ncc(C#N)n34)cn2)CC1. The number of fused-ring (bicyclic) bond motifs is 1. The topological polar surface area (TPSA) is 78.3 Å². The van der Waals surface area contributed by atoms with E-state index in [9.17, 15) is 5.26 Å². The molecule has 0 saturated carbocycles. The van der Waals surface area contributed by atoms with E-state index >= 15 is 0 Å². The molecule has 1 aromatic carbocycles. The molecule has 194 valence electrons. The normalized spacial score (nSPS) is 13.5. The summed E-state index contributed by atoms with van der Waals surface area (Å²) >= 11 is 0. The highest BCUT2D eigenvalue weighted by atomic mass is 15.3. The van der Waals surface area contributed by atoms with Gasteiger partial charge in [0, 0.05) is 62.4 Å². The third-order valence-corrected chi connectivity index (χ3v) is 7.40. The number of rotatable bonds is 7. The third-order valence-electron chi connectivity index (χ3n) is 7.40. The minimum Gasteiger partial charge on any atom is -0.372 e. The Morgan fingerprint density at radius 2 is 1.74 bits per heavy atom. The van der Waals surface area contributed by atoms with E-state index in [4.69, 9.17) is 4.98 Å². The molecule has 0 aliphatic carbocycles. The molecular formula is C31H30N8. The molecule has 0 unspecified atom stereocenters. The molecule has 6 rings (SSSR count). The van der Waals surface area contributed by atoms with Crippen LogP contribution in [-0.4, -0.2) is 55.2 Å². The lowest BCUT2D eigenvalue weighted by molar-refractivity contribution is 0.311. The first-order valence-corrected chi connectivity index (χ1v) is 13.2. The second-order valence-electron chi connectivity index (χ2n) is 9.91. The van der Waals surface area contributed by atoms with Crippen LogP contribution in [-0.2, 0) is 13.5 Å². The molecule has 5 aromatic rings. The molecule has 1 aliphatic heterocycles. The number of anilines is 1. The minimum absolute atomic E-state index is 0.491. The highest BCUT2D eigenvalue weighted by Gasteiger charge is 2.20. The number of imidazole rings is 1. The molecule has 0 amide bonds. The first-order valence-electron chi connectivity index (χ1n) is 13.2. The summed E-state index contributed by atoms with van der Waals surface area (Å²) in [6.07, 6.45) is 9.30. The van der Waals surface area contributed by atoms with Crippen LogP contribution in [0.5, 0.6) is 0 Å². The fourth-order valence-electron chi connectivity index (χ4n) is 5.21. The Morgan fingerprint density at radius 1 is 0.923 bits per heavy atom. The van der Waals surface area contributed by atoms with Gasteiger partial charge in [-0.25, -0.2) is 9.97 Å². The van der Waals surface area contributed by atoms with Gasteiger partial charge in [-0.15, -0.1) is 0 Å². The number of allylic oxidation sites excluding steroid dienone is 1. The number of nitriles is 1. The number of aryl methyl sites for hydroxylation is 2. The van der Waals surface area contributed by atoms with Crippen molar-refractivity contribution in [3.63, 3.8) is 0 Å². The molecule has 4 aromatic heterocycles. The zero-order chi connectivity index (χ0) is 26.8. The van der Waals surface area contributed by atoms with Gasteiger partial charge in [-0.05, 0) is 48.2 Å². The van der Waals surface area contributed by atoms with E-state index < -0.39 is 0 Å². The fraction of sp³-hybridized carbons (Fsp3) is 0.226. The summed E-state index contributed by atoms with van der Waals surface area (Å²) in [5.74, 6) is 0.957. The molecule has 0 N–H and O–H groups in total. The van der Waals surface area contributed by atoms with Gasteiger partial charge >= 0.3 is 0 Å². The summed E-state index contributed by atoms with van der Waals surface area (Å²) in [5.41, 5.74) is 7.55. The van der Waals surface area contributed by atoms with Gasteiger partial charge in [0.15, 0.2) is 0 Å². The smallest absolute Gasteiger partial charge is 0.145 e. The van der Waals surface area contributed by atoms with Crippen molar-refractivity contribution in [3.8, 4) is 28.5 Å². The van der Waals surface area contributed by atoms with E-state index in [1.807, 2.05) is 36.1 Å². The molecule has 5 heterocycles. The lowest BCUT2D eigenvalue weighted by Gasteiger charge is -2.37.